The summed E-state index contributed by atoms with van der Waals surface area (Å²) in [5, 5.41) is 10.2. The normalized spacial score (nSPS) is 10.7. The first-order valence-electron chi connectivity index (χ1n) is 6.29. The smallest absolute Gasteiger partial charge is 0.138 e. The molecule has 0 saturated carbocycles. The molecule has 0 aliphatic heterocycles. The van der Waals surface area contributed by atoms with Crippen LogP contribution in [0.15, 0.2) is 54.7 Å². The van der Waals surface area contributed by atoms with Crippen LogP contribution in [0.4, 0.5) is 5.69 Å². The van der Waals surface area contributed by atoms with Gasteiger partial charge in [-0.25, -0.2) is 0 Å². The van der Waals surface area contributed by atoms with Crippen LogP contribution in [0.3, 0.4) is 0 Å². The van der Waals surface area contributed by atoms with Gasteiger partial charge in [0.1, 0.15) is 11.5 Å². The van der Waals surface area contributed by atoms with Gasteiger partial charge in [0.2, 0.25) is 0 Å². The van der Waals surface area contributed by atoms with Gasteiger partial charge in [0.05, 0.1) is 17.8 Å². The van der Waals surface area contributed by atoms with E-state index in [1.807, 2.05) is 36.4 Å². The maximum Gasteiger partial charge on any atom is 0.138 e. The van der Waals surface area contributed by atoms with Gasteiger partial charge < -0.3 is 15.6 Å². The molecule has 0 aliphatic carbocycles. The van der Waals surface area contributed by atoms with Gasteiger partial charge in [-0.15, -0.1) is 0 Å². The number of anilines is 1. The Morgan fingerprint density at radius 2 is 1.85 bits per heavy atom. The second kappa shape index (κ2) is 5.19. The van der Waals surface area contributed by atoms with Gasteiger partial charge in [-0.1, -0.05) is 24.3 Å². The zero-order chi connectivity index (χ0) is 13.9. The molecular weight excluding hydrogens is 252 g/mol. The zero-order valence-corrected chi connectivity index (χ0v) is 10.8. The van der Waals surface area contributed by atoms with Crippen LogP contribution in [0.25, 0.3) is 10.9 Å². The lowest BCUT2D eigenvalue weighted by molar-refractivity contribution is 0.276. The number of rotatable bonds is 3. The van der Waals surface area contributed by atoms with Crippen LogP contribution in [0.5, 0.6) is 11.5 Å². The topological polar surface area (TPSA) is 68.4 Å². The lowest BCUT2D eigenvalue weighted by Crippen LogP contribution is -1.94. The molecule has 0 radical (unpaired) electrons. The summed E-state index contributed by atoms with van der Waals surface area (Å²) in [5.41, 5.74) is 7.98. The van der Waals surface area contributed by atoms with Crippen molar-refractivity contribution in [3.8, 4) is 11.5 Å². The van der Waals surface area contributed by atoms with Crippen LogP contribution < -0.4 is 10.5 Å². The van der Waals surface area contributed by atoms with Crippen LogP contribution in [0.1, 0.15) is 5.56 Å². The molecule has 3 aromatic rings. The van der Waals surface area contributed by atoms with E-state index in [1.54, 1.807) is 18.3 Å². The van der Waals surface area contributed by atoms with Gasteiger partial charge in [0, 0.05) is 17.1 Å². The molecule has 1 heterocycles. The van der Waals surface area contributed by atoms with E-state index in [1.165, 1.54) is 0 Å². The Kier molecular flexibility index (Phi) is 3.23. The van der Waals surface area contributed by atoms with Crippen molar-refractivity contribution in [2.45, 2.75) is 6.61 Å². The largest absolute Gasteiger partial charge is 0.456 e. The molecule has 100 valence electrons. The van der Waals surface area contributed by atoms with Gasteiger partial charge >= 0.3 is 0 Å². The van der Waals surface area contributed by atoms with Crippen molar-refractivity contribution >= 4 is 16.6 Å². The Bertz CT molecular complexity index is 756. The van der Waals surface area contributed by atoms with E-state index in [2.05, 4.69) is 4.98 Å². The van der Waals surface area contributed by atoms with E-state index >= 15 is 0 Å². The van der Waals surface area contributed by atoms with Crippen LogP contribution in [-0.4, -0.2) is 10.1 Å². The molecule has 0 aliphatic rings. The number of pyridine rings is 1. The third-order valence-corrected chi connectivity index (χ3v) is 3.13. The van der Waals surface area contributed by atoms with E-state index in [0.29, 0.717) is 22.7 Å². The van der Waals surface area contributed by atoms with Gasteiger partial charge in [-0.3, -0.25) is 4.98 Å². The van der Waals surface area contributed by atoms with Gasteiger partial charge in [-0.05, 0) is 24.3 Å². The Hall–Kier alpha value is -2.59. The van der Waals surface area contributed by atoms with Crippen molar-refractivity contribution < 1.29 is 9.84 Å². The Morgan fingerprint density at radius 1 is 1.00 bits per heavy atom. The second-order valence-electron chi connectivity index (χ2n) is 4.42. The third-order valence-electron chi connectivity index (χ3n) is 3.13. The minimum atomic E-state index is -0.0681. The predicted octanol–water partition coefficient (Wildman–Crippen LogP) is 3.10. The Labute approximate surface area is 116 Å². The number of fused-ring (bicyclic) bond motifs is 1. The predicted molar refractivity (Wildman–Crippen MR) is 78.6 cm³/mol. The molecule has 3 N–H and O–H groups in total. The number of ether oxygens (including phenoxy) is 1. The highest BCUT2D eigenvalue weighted by molar-refractivity contribution is 5.93. The summed E-state index contributed by atoms with van der Waals surface area (Å²) in [6.45, 7) is -0.0681. The molecule has 0 atom stereocenters. The standard InChI is InChI=1S/C16H14N2O2/c17-13-6-3-5-12-15(8-9-18-16(12)13)20-14-7-2-1-4-11(14)10-19/h1-9,19H,10,17H2. The first-order valence-corrected chi connectivity index (χ1v) is 6.29. The molecule has 0 unspecified atom stereocenters. The molecule has 0 fully saturated rings. The first kappa shape index (κ1) is 12.4. The summed E-state index contributed by atoms with van der Waals surface area (Å²) in [5.74, 6) is 1.30. The summed E-state index contributed by atoms with van der Waals surface area (Å²) in [7, 11) is 0. The Morgan fingerprint density at radius 3 is 2.70 bits per heavy atom. The van der Waals surface area contributed by atoms with Crippen molar-refractivity contribution in [1.29, 1.82) is 0 Å². The number of para-hydroxylation sites is 2. The maximum absolute atomic E-state index is 9.34. The molecule has 4 heteroatoms. The fraction of sp³-hybridized carbons (Fsp3) is 0.0625. The number of aliphatic hydroxyl groups is 1. The monoisotopic (exact) mass is 266 g/mol. The number of nitrogens with zero attached hydrogens (tertiary/aromatic N) is 1. The fourth-order valence-corrected chi connectivity index (χ4v) is 2.12. The van der Waals surface area contributed by atoms with E-state index in [4.69, 9.17) is 10.5 Å². The highest BCUT2D eigenvalue weighted by Gasteiger charge is 2.08. The highest BCUT2D eigenvalue weighted by Crippen LogP contribution is 2.32. The van der Waals surface area contributed by atoms with Crippen LogP contribution in [0.2, 0.25) is 0 Å². The number of nitrogen functional groups attached to an aromatic ring is 1. The SMILES string of the molecule is Nc1cccc2c(Oc3ccccc3CO)ccnc12. The molecule has 0 spiro atoms. The number of benzene rings is 2. The van der Waals surface area contributed by atoms with Gasteiger partial charge in [0.15, 0.2) is 0 Å². The minimum Gasteiger partial charge on any atom is -0.456 e. The van der Waals surface area contributed by atoms with Crippen molar-refractivity contribution in [1.82, 2.24) is 4.98 Å². The number of hydrogen-bond acceptors (Lipinski definition) is 4. The summed E-state index contributed by atoms with van der Waals surface area (Å²) >= 11 is 0. The lowest BCUT2D eigenvalue weighted by Gasteiger charge is -2.12. The first-order chi connectivity index (χ1) is 9.79. The molecule has 0 bridgehead atoms. The molecule has 0 amide bonds. The van der Waals surface area contributed by atoms with E-state index in [0.717, 1.165) is 10.9 Å². The van der Waals surface area contributed by atoms with E-state index in [9.17, 15) is 5.11 Å². The lowest BCUT2D eigenvalue weighted by atomic mass is 10.1. The highest BCUT2D eigenvalue weighted by atomic mass is 16.5. The number of aliphatic hydroxyl groups excluding tert-OH is 1. The summed E-state index contributed by atoms with van der Waals surface area (Å²) < 4.78 is 5.91. The number of aromatic nitrogens is 1. The quantitative estimate of drug-likeness (QED) is 0.715. The molecule has 1 aromatic heterocycles. The molecule has 20 heavy (non-hydrogen) atoms. The minimum absolute atomic E-state index is 0.0681. The summed E-state index contributed by atoms with van der Waals surface area (Å²) in [4.78, 5) is 4.27. The molecule has 2 aromatic carbocycles. The van der Waals surface area contributed by atoms with Crippen molar-refractivity contribution in [3.63, 3.8) is 0 Å². The maximum atomic E-state index is 9.34. The van der Waals surface area contributed by atoms with Gasteiger partial charge in [-0.2, -0.15) is 0 Å². The van der Waals surface area contributed by atoms with Crippen LogP contribution in [0, 0.1) is 0 Å². The molecule has 4 nitrogen and oxygen atoms in total. The number of hydrogen-bond donors (Lipinski definition) is 2. The van der Waals surface area contributed by atoms with Crippen LogP contribution >= 0.6 is 0 Å². The molecule has 0 saturated heterocycles. The van der Waals surface area contributed by atoms with E-state index in [-0.39, 0.29) is 6.61 Å². The average Bonchev–Trinajstić information content (AvgIpc) is 2.49. The van der Waals surface area contributed by atoms with Crippen LogP contribution in [-0.2, 0) is 6.61 Å². The van der Waals surface area contributed by atoms with Crippen molar-refractivity contribution in [2.75, 3.05) is 5.73 Å². The Balaban J connectivity index is 2.09. The third kappa shape index (κ3) is 2.17. The molecule has 3 rings (SSSR count). The van der Waals surface area contributed by atoms with Crippen molar-refractivity contribution in [2.24, 2.45) is 0 Å². The molecular formula is C16H14N2O2. The van der Waals surface area contributed by atoms with Crippen molar-refractivity contribution in [3.05, 3.63) is 60.3 Å². The average molecular weight is 266 g/mol. The van der Waals surface area contributed by atoms with E-state index < -0.39 is 0 Å². The van der Waals surface area contributed by atoms with Gasteiger partial charge in [0.25, 0.3) is 0 Å². The summed E-state index contributed by atoms with van der Waals surface area (Å²) in [6, 6.07) is 14.8. The second-order valence-corrected chi connectivity index (χ2v) is 4.42. The zero-order valence-electron chi connectivity index (χ0n) is 10.8. The summed E-state index contributed by atoms with van der Waals surface area (Å²) in [6.07, 6.45) is 1.66. The number of nitrogens with two attached hydrogens (primary N) is 1. The fourth-order valence-electron chi connectivity index (χ4n) is 2.12.